The summed E-state index contributed by atoms with van der Waals surface area (Å²) in [7, 11) is 0. The Morgan fingerprint density at radius 1 is 1.19 bits per heavy atom. The quantitative estimate of drug-likeness (QED) is 0.456. The average molecular weight is 401 g/mol. The van der Waals surface area contributed by atoms with Crippen LogP contribution < -0.4 is 0 Å². The van der Waals surface area contributed by atoms with E-state index in [0.717, 1.165) is 6.07 Å². The summed E-state index contributed by atoms with van der Waals surface area (Å²) in [4.78, 5) is 24.6. The normalized spacial score (nSPS) is 27.2. The smallest absolute Gasteiger partial charge is 0.342 e. The predicted octanol–water partition coefficient (Wildman–Crippen LogP) is 2.89. The SMILES string of the molecule is C[C@H]1C[C@H](O)C(Cl)/C=C\C=C/C(=O)Cc2c(Cl)c(O)cc(O)c2C(=O)O1. The Labute approximate surface area is 160 Å². The largest absolute Gasteiger partial charge is 0.507 e. The number of halogens is 2. The molecular formula is C18H18Cl2O6. The molecule has 1 aliphatic heterocycles. The van der Waals surface area contributed by atoms with Crippen LogP contribution in [-0.2, 0) is 16.0 Å². The van der Waals surface area contributed by atoms with Gasteiger partial charge in [0.15, 0.2) is 5.78 Å². The second kappa shape index (κ2) is 8.58. The fraction of sp³-hybridized carbons (Fsp3) is 0.333. The van der Waals surface area contributed by atoms with Crippen molar-refractivity contribution in [1.29, 1.82) is 0 Å². The number of aromatic hydroxyl groups is 2. The van der Waals surface area contributed by atoms with Gasteiger partial charge in [-0.25, -0.2) is 4.79 Å². The van der Waals surface area contributed by atoms with E-state index in [0.29, 0.717) is 0 Å². The molecule has 0 fully saturated rings. The van der Waals surface area contributed by atoms with Crippen LogP contribution in [0, 0.1) is 0 Å². The van der Waals surface area contributed by atoms with Crippen molar-refractivity contribution in [2.75, 3.05) is 0 Å². The number of rotatable bonds is 0. The topological polar surface area (TPSA) is 104 Å². The Kier molecular flexibility index (Phi) is 6.69. The van der Waals surface area contributed by atoms with E-state index >= 15 is 0 Å². The zero-order chi connectivity index (χ0) is 19.4. The number of phenolic OH excluding ortho intramolecular Hbond substituents is 2. The second-order valence-electron chi connectivity index (χ2n) is 5.93. The molecule has 0 aromatic heterocycles. The molecule has 0 amide bonds. The highest BCUT2D eigenvalue weighted by Crippen LogP contribution is 2.37. The van der Waals surface area contributed by atoms with Crippen LogP contribution in [0.5, 0.6) is 11.5 Å². The number of ketones is 1. The van der Waals surface area contributed by atoms with Gasteiger partial charge < -0.3 is 20.1 Å². The molecule has 0 aliphatic carbocycles. The van der Waals surface area contributed by atoms with Crippen molar-refractivity contribution in [1.82, 2.24) is 0 Å². The highest BCUT2D eigenvalue weighted by atomic mass is 35.5. The standard InChI is InChI=1S/C18H18Cl2O6/c1-9-6-13(22)12(19)5-3-2-4-10(21)7-11-16(18(25)26-9)14(23)8-15(24)17(11)20/h2-5,8-9,12-13,22-24H,6-7H2,1H3/b4-2-,5-3-/t9-,12?,13-/m0/s1. The summed E-state index contributed by atoms with van der Waals surface area (Å²) in [5.41, 5.74) is -0.335. The van der Waals surface area contributed by atoms with Crippen LogP contribution in [0.2, 0.25) is 5.02 Å². The van der Waals surface area contributed by atoms with Gasteiger partial charge in [-0.05, 0) is 13.0 Å². The third kappa shape index (κ3) is 4.78. The van der Waals surface area contributed by atoms with Crippen LogP contribution in [0.1, 0.15) is 29.3 Å². The molecule has 0 spiro atoms. The minimum absolute atomic E-state index is 0.0344. The number of allylic oxidation sites excluding steroid dienone is 3. The Hall–Kier alpha value is -2.02. The zero-order valence-corrected chi connectivity index (χ0v) is 15.4. The number of aliphatic hydroxyl groups is 1. The monoisotopic (exact) mass is 400 g/mol. The molecule has 8 heteroatoms. The van der Waals surface area contributed by atoms with Crippen LogP contribution in [0.4, 0.5) is 0 Å². The lowest BCUT2D eigenvalue weighted by atomic mass is 9.99. The minimum Gasteiger partial charge on any atom is -0.507 e. The van der Waals surface area contributed by atoms with E-state index in [1.54, 1.807) is 6.92 Å². The Balaban J connectivity index is 2.51. The number of benzene rings is 1. The molecule has 2 rings (SSSR count). The Bertz CT molecular complexity index is 771. The van der Waals surface area contributed by atoms with E-state index in [9.17, 15) is 24.9 Å². The molecule has 0 radical (unpaired) electrons. The second-order valence-corrected chi connectivity index (χ2v) is 6.81. The van der Waals surface area contributed by atoms with E-state index in [-0.39, 0.29) is 29.0 Å². The van der Waals surface area contributed by atoms with Gasteiger partial charge in [-0.2, -0.15) is 0 Å². The maximum atomic E-state index is 12.5. The number of carbonyl (C=O) groups is 2. The van der Waals surface area contributed by atoms with Crippen LogP contribution in [0.25, 0.3) is 0 Å². The first-order valence-corrected chi connectivity index (χ1v) is 8.66. The summed E-state index contributed by atoms with van der Waals surface area (Å²) < 4.78 is 5.24. The molecule has 0 bridgehead atoms. The number of cyclic esters (lactones) is 1. The fourth-order valence-corrected chi connectivity index (χ4v) is 2.93. The molecular weight excluding hydrogens is 383 g/mol. The Morgan fingerprint density at radius 3 is 2.58 bits per heavy atom. The summed E-state index contributed by atoms with van der Waals surface area (Å²) in [6.45, 7) is 1.56. The first-order chi connectivity index (χ1) is 12.2. The molecule has 140 valence electrons. The van der Waals surface area contributed by atoms with Crippen molar-refractivity contribution in [2.24, 2.45) is 0 Å². The van der Waals surface area contributed by atoms with Crippen molar-refractivity contribution in [3.63, 3.8) is 0 Å². The van der Waals surface area contributed by atoms with Crippen molar-refractivity contribution >= 4 is 35.0 Å². The summed E-state index contributed by atoms with van der Waals surface area (Å²) in [6.07, 6.45) is 3.73. The van der Waals surface area contributed by atoms with Crippen molar-refractivity contribution in [3.05, 3.63) is 46.5 Å². The number of phenols is 2. The number of alkyl halides is 1. The van der Waals surface area contributed by atoms with Gasteiger partial charge in [0.2, 0.25) is 0 Å². The van der Waals surface area contributed by atoms with Gasteiger partial charge >= 0.3 is 5.97 Å². The fourth-order valence-electron chi connectivity index (χ4n) is 2.53. The number of hydrogen-bond donors (Lipinski definition) is 3. The van der Waals surface area contributed by atoms with Gasteiger partial charge in [0.1, 0.15) is 23.2 Å². The van der Waals surface area contributed by atoms with E-state index < -0.39 is 40.8 Å². The molecule has 1 aromatic rings. The van der Waals surface area contributed by atoms with Gasteiger partial charge in [0.05, 0.1) is 16.5 Å². The third-order valence-corrected chi connectivity index (χ3v) is 4.67. The molecule has 1 unspecified atom stereocenters. The molecule has 1 aromatic carbocycles. The molecule has 3 atom stereocenters. The van der Waals surface area contributed by atoms with Crippen LogP contribution >= 0.6 is 23.2 Å². The summed E-state index contributed by atoms with van der Waals surface area (Å²) in [5, 5.41) is 29.0. The average Bonchev–Trinajstić information content (AvgIpc) is 2.54. The van der Waals surface area contributed by atoms with E-state index in [4.69, 9.17) is 27.9 Å². The lowest BCUT2D eigenvalue weighted by molar-refractivity contribution is -0.114. The third-order valence-electron chi connectivity index (χ3n) is 3.81. The maximum Gasteiger partial charge on any atom is 0.342 e. The summed E-state index contributed by atoms with van der Waals surface area (Å²) >= 11 is 12.1. The van der Waals surface area contributed by atoms with Gasteiger partial charge in [-0.1, -0.05) is 29.8 Å². The number of fused-ring (bicyclic) bond motifs is 1. The van der Waals surface area contributed by atoms with Crippen molar-refractivity contribution in [3.8, 4) is 11.5 Å². The van der Waals surface area contributed by atoms with E-state index in [1.807, 2.05) is 0 Å². The van der Waals surface area contributed by atoms with Gasteiger partial charge in [-0.15, -0.1) is 11.6 Å². The van der Waals surface area contributed by atoms with Crippen molar-refractivity contribution < 1.29 is 29.6 Å². The molecule has 0 saturated heterocycles. The Morgan fingerprint density at radius 2 is 1.88 bits per heavy atom. The molecule has 0 saturated carbocycles. The first kappa shape index (κ1) is 20.3. The van der Waals surface area contributed by atoms with Crippen LogP contribution in [-0.4, -0.2) is 44.7 Å². The molecule has 1 heterocycles. The van der Waals surface area contributed by atoms with E-state index in [2.05, 4.69) is 0 Å². The number of aliphatic hydroxyl groups excluding tert-OH is 1. The van der Waals surface area contributed by atoms with Crippen molar-refractivity contribution in [2.45, 2.75) is 37.4 Å². The number of esters is 1. The molecule has 3 N–H and O–H groups in total. The number of hydrogen-bond acceptors (Lipinski definition) is 6. The summed E-state index contributed by atoms with van der Waals surface area (Å²) in [5.74, 6) is -2.36. The zero-order valence-electron chi connectivity index (χ0n) is 13.9. The highest BCUT2D eigenvalue weighted by molar-refractivity contribution is 6.33. The van der Waals surface area contributed by atoms with Crippen LogP contribution in [0.3, 0.4) is 0 Å². The number of ether oxygens (including phenoxy) is 1. The number of carbonyl (C=O) groups excluding carboxylic acids is 2. The molecule has 6 nitrogen and oxygen atoms in total. The van der Waals surface area contributed by atoms with Gasteiger partial charge in [-0.3, -0.25) is 4.79 Å². The lowest BCUT2D eigenvalue weighted by Gasteiger charge is -2.20. The molecule has 26 heavy (non-hydrogen) atoms. The van der Waals surface area contributed by atoms with Gasteiger partial charge in [0, 0.05) is 24.5 Å². The lowest BCUT2D eigenvalue weighted by Crippen LogP contribution is -2.27. The van der Waals surface area contributed by atoms with E-state index in [1.165, 1.54) is 24.3 Å². The van der Waals surface area contributed by atoms with Gasteiger partial charge in [0.25, 0.3) is 0 Å². The summed E-state index contributed by atoms with van der Waals surface area (Å²) in [6, 6.07) is 0.906. The highest BCUT2D eigenvalue weighted by Gasteiger charge is 2.27. The molecule has 1 aliphatic rings. The minimum atomic E-state index is -0.987. The van der Waals surface area contributed by atoms with Crippen LogP contribution in [0.15, 0.2) is 30.4 Å². The predicted molar refractivity (Wildman–Crippen MR) is 96.9 cm³/mol. The maximum absolute atomic E-state index is 12.5. The first-order valence-electron chi connectivity index (χ1n) is 7.84.